The van der Waals surface area contributed by atoms with Crippen molar-refractivity contribution in [2.45, 2.75) is 186 Å². The molecule has 6 N–H and O–H groups in total. The molecule has 0 aromatic rings. The molecule has 0 aromatic carbocycles. The van der Waals surface area contributed by atoms with Gasteiger partial charge in [0.15, 0.2) is 0 Å². The van der Waals surface area contributed by atoms with Crippen molar-refractivity contribution in [2.75, 3.05) is 55.0 Å². The monoisotopic (exact) mass is 982 g/mol. The lowest BCUT2D eigenvalue weighted by molar-refractivity contribution is -0.193. The average Bonchev–Trinajstić information content (AvgIpc) is 3.63. The highest BCUT2D eigenvalue weighted by Crippen LogP contribution is 2.61. The van der Waals surface area contributed by atoms with Crippen LogP contribution in [0.2, 0.25) is 0 Å². The largest absolute Gasteiger partial charge is 0.443 e. The SMILES string of the molecule is COC1C(CN2O[C@@H](CO)[C@H]([C@H](C)O)[C@H]2C(=O)N[C@H]2C[C@H]3C[C@@H]([C@@H]2C)C3(C)C)CCCC1C1CC(C(=O)N[C@H](CN(C)C)[C@@H](NS(=O)(=O)NC(=O)OC(C)(C)C)C2CCCCC2)CC(N(C)C)C1. The van der Waals surface area contributed by atoms with E-state index in [2.05, 4.69) is 55.1 Å². The molecule has 7 rings (SSSR count). The first-order valence-corrected chi connectivity index (χ1v) is 27.5. The third-order valence-corrected chi connectivity index (χ3v) is 18.6. The molecule has 18 heteroatoms. The van der Waals surface area contributed by atoms with Crippen LogP contribution in [-0.4, -0.2) is 161 Å². The molecule has 1 saturated heterocycles. The van der Waals surface area contributed by atoms with Gasteiger partial charge in [-0.25, -0.2) is 9.52 Å². The van der Waals surface area contributed by atoms with Crippen molar-refractivity contribution >= 4 is 28.1 Å². The number of hydroxylamine groups is 2. The second-order valence-corrected chi connectivity index (χ2v) is 25.6. The van der Waals surface area contributed by atoms with Crippen LogP contribution in [0.1, 0.15) is 132 Å². The zero-order valence-corrected chi connectivity index (χ0v) is 44.4. The van der Waals surface area contributed by atoms with Gasteiger partial charge in [-0.2, -0.15) is 18.2 Å². The van der Waals surface area contributed by atoms with E-state index in [1.807, 2.05) is 23.7 Å². The topological polar surface area (TPSA) is 211 Å². The number of ether oxygens (including phenoxy) is 2. The molecule has 68 heavy (non-hydrogen) atoms. The van der Waals surface area contributed by atoms with E-state index in [1.165, 1.54) is 6.42 Å². The number of aliphatic hydroxyl groups is 2. The number of nitrogens with one attached hydrogen (secondary N) is 4. The van der Waals surface area contributed by atoms with Crippen LogP contribution >= 0.6 is 0 Å². The van der Waals surface area contributed by atoms with Gasteiger partial charge in [0, 0.05) is 56.1 Å². The average molecular weight is 982 g/mol. The van der Waals surface area contributed by atoms with Crippen LogP contribution in [0.4, 0.5) is 4.79 Å². The third-order valence-electron chi connectivity index (χ3n) is 17.6. The summed E-state index contributed by atoms with van der Waals surface area (Å²) >= 11 is 0. The Morgan fingerprint density at radius 3 is 2.21 bits per heavy atom. The molecule has 7 fully saturated rings. The molecular weight excluding hydrogens is 891 g/mol. The lowest BCUT2D eigenvalue weighted by atomic mass is 9.45. The van der Waals surface area contributed by atoms with E-state index in [4.69, 9.17) is 14.3 Å². The van der Waals surface area contributed by atoms with Crippen LogP contribution in [0, 0.1) is 58.7 Å². The highest BCUT2D eigenvalue weighted by molar-refractivity contribution is 7.88. The molecule has 392 valence electrons. The summed E-state index contributed by atoms with van der Waals surface area (Å²) in [5, 5.41) is 30.2. The molecule has 16 atom stereocenters. The van der Waals surface area contributed by atoms with Gasteiger partial charge in [-0.1, -0.05) is 46.5 Å². The van der Waals surface area contributed by atoms with Crippen LogP contribution in [-0.2, 0) is 34.1 Å². The predicted octanol–water partition coefficient (Wildman–Crippen LogP) is 4.28. The fraction of sp³-hybridized carbons (Fsp3) is 0.940. The Balaban J connectivity index is 1.19. The van der Waals surface area contributed by atoms with Gasteiger partial charge in [0.1, 0.15) is 17.7 Å². The molecule has 17 nitrogen and oxygen atoms in total. The van der Waals surface area contributed by atoms with Gasteiger partial charge in [-0.15, -0.1) is 0 Å². The van der Waals surface area contributed by atoms with Crippen molar-refractivity contribution in [3.05, 3.63) is 0 Å². The molecule has 0 spiro atoms. The zero-order valence-electron chi connectivity index (χ0n) is 43.5. The van der Waals surface area contributed by atoms with Crippen molar-refractivity contribution in [3.63, 3.8) is 0 Å². The molecule has 0 aromatic heterocycles. The number of methoxy groups -OCH3 is 1. The number of rotatable bonds is 18. The van der Waals surface area contributed by atoms with Crippen LogP contribution < -0.4 is 20.1 Å². The first-order valence-electron chi connectivity index (χ1n) is 26.0. The Bertz CT molecular complexity index is 1810. The van der Waals surface area contributed by atoms with Gasteiger partial charge in [0.05, 0.1) is 24.9 Å². The lowest BCUT2D eigenvalue weighted by Gasteiger charge is -2.62. The summed E-state index contributed by atoms with van der Waals surface area (Å²) in [6, 6.07) is -1.89. The molecule has 1 aliphatic heterocycles. The number of carbonyl (C=O) groups is 3. The highest BCUT2D eigenvalue weighted by atomic mass is 32.2. The van der Waals surface area contributed by atoms with Crippen LogP contribution in [0.25, 0.3) is 0 Å². The Kier molecular flexibility index (Phi) is 18.4. The summed E-state index contributed by atoms with van der Waals surface area (Å²) in [6.07, 6.45) is 8.68. The van der Waals surface area contributed by atoms with Gasteiger partial charge in [0.25, 0.3) is 0 Å². The van der Waals surface area contributed by atoms with E-state index in [0.29, 0.717) is 43.7 Å². The molecule has 6 aliphatic carbocycles. The van der Waals surface area contributed by atoms with Crippen molar-refractivity contribution in [1.82, 2.24) is 34.9 Å². The number of likely N-dealkylation sites (N-methyl/N-ethyl adjacent to an activating group) is 1. The number of amides is 3. The Morgan fingerprint density at radius 1 is 0.941 bits per heavy atom. The summed E-state index contributed by atoms with van der Waals surface area (Å²) < 4.78 is 43.9. The Hall–Kier alpha value is -2.16. The predicted molar refractivity (Wildman–Crippen MR) is 261 cm³/mol. The standard InChI is InChI=1S/C50H91N7O10S/c1-29-38-24-35(50(38,6)7)25-39(29)51-47(61)44-42(30(2)59)41(28-58)67-57(44)26-32-19-16-20-37(45(32)65-12)33-21-34(23-36(22-33)56(10)11)46(60)52-40(27-55(8)9)43(31-17-14-13-15-18-31)53-68(63,64)54-48(62)66-49(3,4)5/h29-45,53,58-59H,13-28H2,1-12H3,(H,51,61)(H,52,60)(H,54,62)/t29-,30-,32?,33?,34?,35+,36?,37?,38-,39-,40+,41-,42-,43-,44-,45?/m0/s1. The number of nitrogens with zero attached hydrogens (tertiary/aromatic N) is 3. The maximum Gasteiger partial charge on any atom is 0.422 e. The smallest absolute Gasteiger partial charge is 0.422 e. The fourth-order valence-corrected chi connectivity index (χ4v) is 15.0. The van der Waals surface area contributed by atoms with E-state index >= 15 is 0 Å². The van der Waals surface area contributed by atoms with Crippen LogP contribution in [0.5, 0.6) is 0 Å². The van der Waals surface area contributed by atoms with Crippen LogP contribution in [0.3, 0.4) is 0 Å². The number of carbonyl (C=O) groups excluding carboxylic acids is 3. The van der Waals surface area contributed by atoms with Gasteiger partial charge >= 0.3 is 16.3 Å². The quantitative estimate of drug-likeness (QED) is 0.114. The van der Waals surface area contributed by atoms with E-state index in [1.54, 1.807) is 39.9 Å². The number of aliphatic hydroxyl groups excluding tert-OH is 2. The second-order valence-electron chi connectivity index (χ2n) is 24.1. The molecule has 0 radical (unpaired) electrons. The summed E-state index contributed by atoms with van der Waals surface area (Å²) in [5.74, 6) is 0.386. The molecule has 3 amide bonds. The normalized spacial score (nSPS) is 36.1. The van der Waals surface area contributed by atoms with E-state index < -0.39 is 58.2 Å². The van der Waals surface area contributed by atoms with Crippen molar-refractivity contribution < 1.29 is 47.3 Å². The molecule has 6 unspecified atom stereocenters. The van der Waals surface area contributed by atoms with E-state index in [9.17, 15) is 33.0 Å². The summed E-state index contributed by atoms with van der Waals surface area (Å²) in [5.41, 5.74) is -0.623. The van der Waals surface area contributed by atoms with E-state index in [-0.39, 0.29) is 71.6 Å². The maximum absolute atomic E-state index is 14.8. The molecule has 1 heterocycles. The summed E-state index contributed by atoms with van der Waals surface area (Å²) in [4.78, 5) is 52.6. The van der Waals surface area contributed by atoms with Gasteiger partial charge in [0.2, 0.25) is 11.8 Å². The molecular formula is C50H91N7O10S. The Morgan fingerprint density at radius 2 is 1.63 bits per heavy atom. The van der Waals surface area contributed by atoms with Crippen molar-refractivity contribution in [3.8, 4) is 0 Å². The Labute approximate surface area is 408 Å². The maximum atomic E-state index is 14.8. The van der Waals surface area contributed by atoms with E-state index in [0.717, 1.165) is 64.2 Å². The highest BCUT2D eigenvalue weighted by Gasteiger charge is 2.58. The minimum Gasteiger partial charge on any atom is -0.443 e. The minimum absolute atomic E-state index is 0.0155. The molecule has 6 saturated carbocycles. The molecule has 2 bridgehead atoms. The number of hydrogen-bond donors (Lipinski definition) is 6. The van der Waals surface area contributed by atoms with Gasteiger partial charge < -0.3 is 40.1 Å². The fourth-order valence-electron chi connectivity index (χ4n) is 14.0. The summed E-state index contributed by atoms with van der Waals surface area (Å²) in [6.45, 7) is 14.1. The first kappa shape index (κ1) is 55.2. The van der Waals surface area contributed by atoms with Gasteiger partial charge in [-0.05, 0) is 155 Å². The minimum atomic E-state index is -4.37. The number of hydrogen-bond acceptors (Lipinski definition) is 13. The lowest BCUT2D eigenvalue weighted by Crippen LogP contribution is -2.62. The van der Waals surface area contributed by atoms with Gasteiger partial charge in [-0.3, -0.25) is 14.4 Å². The first-order chi connectivity index (χ1) is 31.8. The third kappa shape index (κ3) is 13.1. The number of fused-ring (bicyclic) bond motifs is 2. The second kappa shape index (κ2) is 22.7. The van der Waals surface area contributed by atoms with Crippen LogP contribution in [0.15, 0.2) is 0 Å². The van der Waals surface area contributed by atoms with Crippen molar-refractivity contribution in [1.29, 1.82) is 0 Å². The van der Waals surface area contributed by atoms with Crippen molar-refractivity contribution in [2.24, 2.45) is 58.7 Å². The summed E-state index contributed by atoms with van der Waals surface area (Å²) in [7, 11) is 5.32. The zero-order chi connectivity index (χ0) is 50.0. The molecule has 7 aliphatic rings.